The molecule has 0 saturated carbocycles. The van der Waals surface area contributed by atoms with E-state index in [1.807, 2.05) is 24.3 Å². The van der Waals surface area contributed by atoms with E-state index < -0.39 is 11.8 Å². The molecule has 1 saturated heterocycles. The molecule has 0 unspecified atom stereocenters. The highest BCUT2D eigenvalue weighted by Gasteiger charge is 2.25. The minimum Gasteiger partial charge on any atom is -0.496 e. The molecule has 0 aliphatic carbocycles. The van der Waals surface area contributed by atoms with Crippen LogP contribution in [0.3, 0.4) is 0 Å². The van der Waals surface area contributed by atoms with E-state index in [0.29, 0.717) is 6.42 Å². The first-order chi connectivity index (χ1) is 9.60. The third kappa shape index (κ3) is 3.34. The fourth-order valence-electron chi connectivity index (χ4n) is 2.12. The lowest BCUT2D eigenvalue weighted by atomic mass is 10.1. The molecule has 1 aliphatic heterocycles. The van der Waals surface area contributed by atoms with Gasteiger partial charge in [0.2, 0.25) is 17.7 Å². The highest BCUT2D eigenvalue weighted by atomic mass is 16.5. The minimum absolute atomic E-state index is 0.0590. The second-order valence-electron chi connectivity index (χ2n) is 4.53. The van der Waals surface area contributed by atoms with Crippen LogP contribution >= 0.6 is 0 Å². The number of piperazine rings is 1. The highest BCUT2D eigenvalue weighted by Crippen LogP contribution is 2.19. The van der Waals surface area contributed by atoms with Crippen LogP contribution in [-0.4, -0.2) is 42.8 Å². The van der Waals surface area contributed by atoms with E-state index >= 15 is 0 Å². The fourth-order valence-corrected chi connectivity index (χ4v) is 2.12. The summed E-state index contributed by atoms with van der Waals surface area (Å²) in [6.07, 6.45) is 0.746. The average molecular weight is 276 g/mol. The number of benzene rings is 1. The van der Waals surface area contributed by atoms with Crippen molar-refractivity contribution in [1.82, 2.24) is 10.2 Å². The Bertz CT molecular complexity index is 526. The maximum atomic E-state index is 12.0. The summed E-state index contributed by atoms with van der Waals surface area (Å²) in [5, 5.41) is 2.16. The van der Waals surface area contributed by atoms with Crippen LogP contribution in [0, 0.1) is 0 Å². The molecule has 6 nitrogen and oxygen atoms in total. The zero-order valence-electron chi connectivity index (χ0n) is 11.2. The van der Waals surface area contributed by atoms with Crippen molar-refractivity contribution in [3.8, 4) is 5.75 Å². The zero-order chi connectivity index (χ0) is 14.5. The van der Waals surface area contributed by atoms with Crippen molar-refractivity contribution in [2.45, 2.75) is 12.8 Å². The second-order valence-corrected chi connectivity index (χ2v) is 4.53. The lowest BCUT2D eigenvalue weighted by Crippen LogP contribution is -2.53. The van der Waals surface area contributed by atoms with Gasteiger partial charge < -0.3 is 9.64 Å². The number of rotatable bonds is 4. The van der Waals surface area contributed by atoms with E-state index in [2.05, 4.69) is 5.32 Å². The van der Waals surface area contributed by atoms with Crippen LogP contribution in [0.25, 0.3) is 0 Å². The van der Waals surface area contributed by atoms with E-state index in [0.717, 1.165) is 11.3 Å². The predicted octanol–water partition coefficient (Wildman–Crippen LogP) is 0.113. The molecular formula is C14H16N2O4. The van der Waals surface area contributed by atoms with Gasteiger partial charge in [-0.25, -0.2) is 0 Å². The lowest BCUT2D eigenvalue weighted by molar-refractivity contribution is -0.145. The van der Waals surface area contributed by atoms with Gasteiger partial charge in [0.15, 0.2) is 0 Å². The molecule has 0 spiro atoms. The number of carbonyl (C=O) groups excluding carboxylic acids is 3. The van der Waals surface area contributed by atoms with Crippen LogP contribution in [0.4, 0.5) is 0 Å². The van der Waals surface area contributed by atoms with Crippen molar-refractivity contribution in [1.29, 1.82) is 0 Å². The van der Waals surface area contributed by atoms with Gasteiger partial charge >= 0.3 is 0 Å². The lowest BCUT2D eigenvalue weighted by Gasteiger charge is -2.25. The molecule has 0 atom stereocenters. The van der Waals surface area contributed by atoms with Gasteiger partial charge in [0.25, 0.3) is 0 Å². The Hall–Kier alpha value is -2.37. The Morgan fingerprint density at radius 1 is 1.25 bits per heavy atom. The van der Waals surface area contributed by atoms with Gasteiger partial charge in [-0.15, -0.1) is 0 Å². The standard InChI is InChI=1S/C14H16N2O4/c1-20-11-5-3-2-4-10(11)6-7-14(19)16-8-12(17)15-13(18)9-16/h2-5H,6-9H2,1H3,(H,15,17,18). The van der Waals surface area contributed by atoms with Crippen LogP contribution in [0.15, 0.2) is 24.3 Å². The Balaban J connectivity index is 1.95. The smallest absolute Gasteiger partial charge is 0.246 e. The van der Waals surface area contributed by atoms with Gasteiger partial charge in [0, 0.05) is 6.42 Å². The predicted molar refractivity (Wildman–Crippen MR) is 71.0 cm³/mol. The third-order valence-electron chi connectivity index (χ3n) is 3.10. The van der Waals surface area contributed by atoms with Crippen LogP contribution in [-0.2, 0) is 20.8 Å². The van der Waals surface area contributed by atoms with E-state index in [1.165, 1.54) is 4.90 Å². The van der Waals surface area contributed by atoms with E-state index in [-0.39, 0.29) is 25.4 Å². The molecule has 1 aromatic carbocycles. The van der Waals surface area contributed by atoms with Gasteiger partial charge in [0.05, 0.1) is 7.11 Å². The molecule has 106 valence electrons. The monoisotopic (exact) mass is 276 g/mol. The fraction of sp³-hybridized carbons (Fsp3) is 0.357. The Morgan fingerprint density at radius 2 is 1.90 bits per heavy atom. The van der Waals surface area contributed by atoms with Crippen molar-refractivity contribution in [2.24, 2.45) is 0 Å². The summed E-state index contributed by atoms with van der Waals surface area (Å²) in [7, 11) is 1.58. The number of methoxy groups -OCH3 is 1. The number of imide groups is 1. The zero-order valence-corrected chi connectivity index (χ0v) is 11.2. The number of nitrogens with one attached hydrogen (secondary N) is 1. The highest BCUT2D eigenvalue weighted by molar-refractivity contribution is 6.02. The van der Waals surface area contributed by atoms with Crippen LogP contribution in [0.2, 0.25) is 0 Å². The summed E-state index contributed by atoms with van der Waals surface area (Å²) in [5.74, 6) is -0.356. The van der Waals surface area contributed by atoms with E-state index in [1.54, 1.807) is 7.11 Å². The molecule has 0 aromatic heterocycles. The van der Waals surface area contributed by atoms with E-state index in [4.69, 9.17) is 4.74 Å². The van der Waals surface area contributed by atoms with Gasteiger partial charge in [-0.1, -0.05) is 18.2 Å². The number of carbonyl (C=O) groups is 3. The Labute approximate surface area is 116 Å². The summed E-state index contributed by atoms with van der Waals surface area (Å²) in [6.45, 7) is -0.118. The molecule has 6 heteroatoms. The first kappa shape index (κ1) is 14.0. The summed E-state index contributed by atoms with van der Waals surface area (Å²) < 4.78 is 5.21. The molecule has 0 bridgehead atoms. The van der Waals surface area contributed by atoms with Crippen molar-refractivity contribution in [3.63, 3.8) is 0 Å². The second kappa shape index (κ2) is 6.18. The van der Waals surface area contributed by atoms with Crippen LogP contribution in [0.5, 0.6) is 5.75 Å². The van der Waals surface area contributed by atoms with Gasteiger partial charge in [-0.2, -0.15) is 0 Å². The molecule has 1 N–H and O–H groups in total. The molecule has 1 fully saturated rings. The van der Waals surface area contributed by atoms with Crippen molar-refractivity contribution in [2.75, 3.05) is 20.2 Å². The maximum absolute atomic E-state index is 12.0. The maximum Gasteiger partial charge on any atom is 0.246 e. The topological polar surface area (TPSA) is 75.7 Å². The van der Waals surface area contributed by atoms with Gasteiger partial charge in [0.1, 0.15) is 18.8 Å². The molecule has 1 aromatic rings. The minimum atomic E-state index is -0.438. The number of aryl methyl sites for hydroxylation is 1. The summed E-state index contributed by atoms with van der Waals surface area (Å²) in [5.41, 5.74) is 0.927. The third-order valence-corrected chi connectivity index (χ3v) is 3.10. The Kier molecular flexibility index (Phi) is 4.34. The SMILES string of the molecule is COc1ccccc1CCC(=O)N1CC(=O)NC(=O)C1. The molecule has 2 rings (SSSR count). The number of para-hydroxylation sites is 1. The van der Waals surface area contributed by atoms with Crippen LogP contribution in [0.1, 0.15) is 12.0 Å². The van der Waals surface area contributed by atoms with Crippen molar-refractivity contribution in [3.05, 3.63) is 29.8 Å². The number of hydrogen-bond acceptors (Lipinski definition) is 4. The summed E-state index contributed by atoms with van der Waals surface area (Å²) >= 11 is 0. The van der Waals surface area contributed by atoms with Gasteiger partial charge in [-0.3, -0.25) is 19.7 Å². The number of hydrogen-bond donors (Lipinski definition) is 1. The number of nitrogens with zero attached hydrogens (tertiary/aromatic N) is 1. The molecule has 3 amide bonds. The van der Waals surface area contributed by atoms with Crippen molar-refractivity contribution >= 4 is 17.7 Å². The number of ether oxygens (including phenoxy) is 1. The largest absolute Gasteiger partial charge is 0.496 e. The molecule has 20 heavy (non-hydrogen) atoms. The normalized spacial score (nSPS) is 14.9. The van der Waals surface area contributed by atoms with Crippen LogP contribution < -0.4 is 10.1 Å². The quantitative estimate of drug-likeness (QED) is 0.792. The van der Waals surface area contributed by atoms with Gasteiger partial charge in [-0.05, 0) is 18.1 Å². The molecule has 1 heterocycles. The first-order valence-electron chi connectivity index (χ1n) is 6.32. The summed E-state index contributed by atoms with van der Waals surface area (Å²) in [6, 6.07) is 7.45. The average Bonchev–Trinajstić information content (AvgIpc) is 2.44. The molecule has 0 radical (unpaired) electrons. The molecular weight excluding hydrogens is 260 g/mol. The Morgan fingerprint density at radius 3 is 2.55 bits per heavy atom. The molecule has 1 aliphatic rings. The number of amides is 3. The van der Waals surface area contributed by atoms with E-state index in [9.17, 15) is 14.4 Å². The first-order valence-corrected chi connectivity index (χ1v) is 6.32. The van der Waals surface area contributed by atoms with Crippen molar-refractivity contribution < 1.29 is 19.1 Å². The summed E-state index contributed by atoms with van der Waals surface area (Å²) in [4.78, 5) is 35.7.